The van der Waals surface area contributed by atoms with Crippen molar-refractivity contribution in [3.63, 3.8) is 0 Å². The van der Waals surface area contributed by atoms with Crippen molar-refractivity contribution in [3.05, 3.63) is 58.9 Å². The molecule has 0 atom stereocenters. The summed E-state index contributed by atoms with van der Waals surface area (Å²) in [6.45, 7) is 0.278. The Labute approximate surface area is 150 Å². The van der Waals surface area contributed by atoms with E-state index in [0.717, 1.165) is 17.4 Å². The van der Waals surface area contributed by atoms with Crippen LogP contribution in [-0.2, 0) is 15.8 Å². The predicted octanol–water partition coefficient (Wildman–Crippen LogP) is 3.70. The van der Waals surface area contributed by atoms with Crippen molar-refractivity contribution in [2.45, 2.75) is 10.6 Å². The molecule has 0 aliphatic carbocycles. The summed E-state index contributed by atoms with van der Waals surface area (Å²) in [7, 11) is -2.40. The highest BCUT2D eigenvalue weighted by atomic mass is 35.5. The maximum absolute atomic E-state index is 13.3. The number of benzene rings is 2. The number of methoxy groups -OCH3 is 1. The molecular weight excluding hydrogens is 373 g/mol. The lowest BCUT2D eigenvalue weighted by Crippen LogP contribution is -2.26. The van der Waals surface area contributed by atoms with Crippen LogP contribution in [0.3, 0.4) is 0 Å². The summed E-state index contributed by atoms with van der Waals surface area (Å²) in [6.07, 6.45) is 0. The molecule has 0 aromatic heterocycles. The highest BCUT2D eigenvalue weighted by Gasteiger charge is 2.16. The second kappa shape index (κ2) is 8.71. The molecule has 24 heavy (non-hydrogen) atoms. The second-order valence-corrected chi connectivity index (χ2v) is 8.18. The Morgan fingerprint density at radius 2 is 1.92 bits per heavy atom. The minimum Gasteiger partial charge on any atom is -0.494 e. The monoisotopic (exact) mass is 389 g/mol. The average molecular weight is 390 g/mol. The SMILES string of the molecule is COc1cc(S(=O)(=O)NCCSCc2ccc(Cl)cc2)ccc1F. The van der Waals surface area contributed by atoms with Crippen molar-refractivity contribution < 1.29 is 17.5 Å². The lowest BCUT2D eigenvalue weighted by atomic mass is 10.2. The number of hydrogen-bond donors (Lipinski definition) is 1. The van der Waals surface area contributed by atoms with Crippen LogP contribution in [0.25, 0.3) is 0 Å². The number of halogens is 2. The molecule has 1 N–H and O–H groups in total. The largest absolute Gasteiger partial charge is 0.494 e. The van der Waals surface area contributed by atoms with Gasteiger partial charge in [0.2, 0.25) is 10.0 Å². The molecule has 2 aromatic carbocycles. The fraction of sp³-hybridized carbons (Fsp3) is 0.250. The van der Waals surface area contributed by atoms with Gasteiger partial charge in [-0.25, -0.2) is 17.5 Å². The lowest BCUT2D eigenvalue weighted by molar-refractivity contribution is 0.385. The molecule has 4 nitrogen and oxygen atoms in total. The summed E-state index contributed by atoms with van der Waals surface area (Å²) in [6, 6.07) is 11.0. The van der Waals surface area contributed by atoms with Gasteiger partial charge < -0.3 is 4.74 Å². The van der Waals surface area contributed by atoms with Gasteiger partial charge in [0.1, 0.15) is 0 Å². The van der Waals surface area contributed by atoms with Crippen LogP contribution in [0.5, 0.6) is 5.75 Å². The van der Waals surface area contributed by atoms with E-state index in [1.807, 2.05) is 24.3 Å². The first kappa shape index (κ1) is 19.1. The molecule has 0 unspecified atom stereocenters. The average Bonchev–Trinajstić information content (AvgIpc) is 2.56. The zero-order chi connectivity index (χ0) is 17.6. The van der Waals surface area contributed by atoms with Crippen LogP contribution in [0.2, 0.25) is 5.02 Å². The van der Waals surface area contributed by atoms with E-state index < -0.39 is 15.8 Å². The van der Waals surface area contributed by atoms with E-state index in [2.05, 4.69) is 4.72 Å². The Balaban J connectivity index is 1.83. The number of rotatable bonds is 8. The highest BCUT2D eigenvalue weighted by molar-refractivity contribution is 7.98. The molecule has 0 radical (unpaired) electrons. The first-order chi connectivity index (χ1) is 11.4. The summed E-state index contributed by atoms with van der Waals surface area (Å²) < 4.78 is 45.0. The lowest BCUT2D eigenvalue weighted by Gasteiger charge is -2.09. The summed E-state index contributed by atoms with van der Waals surface area (Å²) in [5.41, 5.74) is 1.12. The molecule has 0 spiro atoms. The van der Waals surface area contributed by atoms with Gasteiger partial charge >= 0.3 is 0 Å². The van der Waals surface area contributed by atoms with Gasteiger partial charge in [0.15, 0.2) is 11.6 Å². The van der Waals surface area contributed by atoms with Crippen LogP contribution in [0, 0.1) is 5.82 Å². The Hall–Kier alpha value is -1.28. The van der Waals surface area contributed by atoms with Crippen molar-refractivity contribution in [3.8, 4) is 5.75 Å². The van der Waals surface area contributed by atoms with Crippen LogP contribution in [0.1, 0.15) is 5.56 Å². The van der Waals surface area contributed by atoms with E-state index in [0.29, 0.717) is 10.8 Å². The van der Waals surface area contributed by atoms with Gasteiger partial charge in [-0.05, 0) is 29.8 Å². The van der Waals surface area contributed by atoms with Crippen LogP contribution >= 0.6 is 23.4 Å². The number of ether oxygens (including phenoxy) is 1. The smallest absolute Gasteiger partial charge is 0.240 e. The molecule has 2 aromatic rings. The normalized spacial score (nSPS) is 11.5. The van der Waals surface area contributed by atoms with E-state index in [4.69, 9.17) is 16.3 Å². The highest BCUT2D eigenvalue weighted by Crippen LogP contribution is 2.21. The van der Waals surface area contributed by atoms with Gasteiger partial charge in [0.05, 0.1) is 12.0 Å². The molecule has 130 valence electrons. The maximum Gasteiger partial charge on any atom is 0.240 e. The maximum atomic E-state index is 13.3. The Kier molecular flexibility index (Phi) is 6.91. The fourth-order valence-electron chi connectivity index (χ4n) is 1.91. The first-order valence-corrected chi connectivity index (χ1v) is 10.1. The molecule has 8 heteroatoms. The molecule has 0 aliphatic heterocycles. The predicted molar refractivity (Wildman–Crippen MR) is 95.8 cm³/mol. The van der Waals surface area contributed by atoms with E-state index in [-0.39, 0.29) is 17.2 Å². The number of nitrogens with one attached hydrogen (secondary N) is 1. The minimum absolute atomic E-state index is 0.0246. The summed E-state index contributed by atoms with van der Waals surface area (Å²) in [5.74, 6) is 0.675. The van der Waals surface area contributed by atoms with Gasteiger partial charge in [0.25, 0.3) is 0 Å². The van der Waals surface area contributed by atoms with Crippen LogP contribution in [-0.4, -0.2) is 27.8 Å². The van der Waals surface area contributed by atoms with Crippen molar-refractivity contribution in [2.75, 3.05) is 19.4 Å². The third-order valence-corrected chi connectivity index (χ3v) is 5.89. The molecule has 0 bridgehead atoms. The Bertz CT molecular complexity index is 782. The van der Waals surface area contributed by atoms with Crippen LogP contribution in [0.4, 0.5) is 4.39 Å². The van der Waals surface area contributed by atoms with Crippen molar-refractivity contribution in [2.24, 2.45) is 0 Å². The first-order valence-electron chi connectivity index (χ1n) is 7.08. The van der Waals surface area contributed by atoms with Gasteiger partial charge in [0, 0.05) is 29.1 Å². The van der Waals surface area contributed by atoms with E-state index in [1.165, 1.54) is 19.2 Å². The van der Waals surface area contributed by atoms with Crippen LogP contribution in [0.15, 0.2) is 47.4 Å². The Morgan fingerprint density at radius 3 is 2.58 bits per heavy atom. The molecule has 0 saturated heterocycles. The molecule has 2 rings (SSSR count). The van der Waals surface area contributed by atoms with E-state index in [1.54, 1.807) is 11.8 Å². The van der Waals surface area contributed by atoms with Gasteiger partial charge in [-0.1, -0.05) is 23.7 Å². The van der Waals surface area contributed by atoms with Gasteiger partial charge in [-0.3, -0.25) is 0 Å². The second-order valence-electron chi connectivity index (χ2n) is 4.87. The topological polar surface area (TPSA) is 55.4 Å². The third-order valence-electron chi connectivity index (χ3n) is 3.15. The van der Waals surface area contributed by atoms with E-state index >= 15 is 0 Å². The minimum atomic E-state index is -3.69. The zero-order valence-electron chi connectivity index (χ0n) is 13.0. The van der Waals surface area contributed by atoms with E-state index in [9.17, 15) is 12.8 Å². The molecule has 0 fully saturated rings. The molecule has 0 saturated carbocycles. The van der Waals surface area contributed by atoms with Crippen molar-refractivity contribution in [1.29, 1.82) is 0 Å². The van der Waals surface area contributed by atoms with Gasteiger partial charge in [-0.2, -0.15) is 11.8 Å². The zero-order valence-corrected chi connectivity index (χ0v) is 15.3. The van der Waals surface area contributed by atoms with Crippen molar-refractivity contribution >= 4 is 33.4 Å². The number of thioether (sulfide) groups is 1. The number of sulfonamides is 1. The molecule has 0 aliphatic rings. The quantitative estimate of drug-likeness (QED) is 0.699. The van der Waals surface area contributed by atoms with Crippen LogP contribution < -0.4 is 9.46 Å². The third kappa shape index (κ3) is 5.37. The summed E-state index contributed by atoms with van der Waals surface area (Å²) >= 11 is 7.42. The molecular formula is C16H17ClFNO3S2. The molecule has 0 amide bonds. The summed E-state index contributed by atoms with van der Waals surface area (Å²) in [5, 5.41) is 0.686. The van der Waals surface area contributed by atoms with Gasteiger partial charge in [-0.15, -0.1) is 0 Å². The Morgan fingerprint density at radius 1 is 1.21 bits per heavy atom. The fourth-order valence-corrected chi connectivity index (χ4v) is 4.03. The summed E-state index contributed by atoms with van der Waals surface area (Å²) in [4.78, 5) is -0.0246. The van der Waals surface area contributed by atoms with Crippen molar-refractivity contribution in [1.82, 2.24) is 4.72 Å². The standard InChI is InChI=1S/C16H17ClFNO3S2/c1-22-16-10-14(6-7-15(16)18)24(20,21)19-8-9-23-11-12-2-4-13(17)5-3-12/h2-7,10,19H,8-9,11H2,1H3. The number of hydrogen-bond acceptors (Lipinski definition) is 4. The molecule has 0 heterocycles.